The molecule has 10 N–H and O–H groups in total. The molecule has 2 aliphatic heterocycles. The third-order valence-electron chi connectivity index (χ3n) is 12.4. The molecule has 2 heterocycles. The van der Waals surface area contributed by atoms with Gasteiger partial charge in [-0.1, -0.05) is 84.9 Å². The number of nitrogens with one attached hydrogen (secondary N) is 4. The minimum absolute atomic E-state index is 0.0592. The number of ether oxygens (including phenoxy) is 2. The molecule has 0 unspecified atom stereocenters. The second-order valence-corrected chi connectivity index (χ2v) is 17.3. The molecule has 0 aromatic heterocycles. The summed E-state index contributed by atoms with van der Waals surface area (Å²) >= 11 is 0. The summed E-state index contributed by atoms with van der Waals surface area (Å²) in [4.78, 5) is 71.7. The van der Waals surface area contributed by atoms with Crippen LogP contribution < -0.4 is 27.0 Å². The summed E-state index contributed by atoms with van der Waals surface area (Å²) in [6, 6.07) is 24.8. The number of aliphatic hydroxyl groups is 3. The van der Waals surface area contributed by atoms with Crippen LogP contribution in [0.2, 0.25) is 0 Å². The number of phenolic OH excluding ortho intramolecular Hbond substituents is 1. The lowest BCUT2D eigenvalue weighted by Gasteiger charge is -2.38. The maximum Gasteiger partial charge on any atom is 0.252 e. The molecule has 6 rings (SSSR count). The van der Waals surface area contributed by atoms with E-state index in [0.29, 0.717) is 12.8 Å². The van der Waals surface area contributed by atoms with Gasteiger partial charge < -0.3 is 61.8 Å². The molecule has 2 aliphatic rings. The van der Waals surface area contributed by atoms with Crippen LogP contribution in [-0.2, 0) is 65.8 Å². The van der Waals surface area contributed by atoms with Crippen molar-refractivity contribution in [3.63, 3.8) is 0 Å². The van der Waals surface area contributed by atoms with Crippen molar-refractivity contribution in [2.45, 2.75) is 120 Å². The molecule has 9 atom stereocenters. The summed E-state index contributed by atoms with van der Waals surface area (Å²) < 4.78 is 10.4. The number of hydrogen-bond donors (Lipinski definition) is 9. The number of methoxy groups -OCH3 is 1. The molecule has 5 amide bonds. The van der Waals surface area contributed by atoms with Crippen LogP contribution in [-0.4, -0.2) is 123 Å². The normalized spacial score (nSPS) is 21.5. The minimum Gasteiger partial charge on any atom is -0.508 e. The first-order valence-electron chi connectivity index (χ1n) is 22.5. The molecule has 1 saturated heterocycles. The van der Waals surface area contributed by atoms with Crippen LogP contribution in [0.25, 0.3) is 0 Å². The summed E-state index contributed by atoms with van der Waals surface area (Å²) in [5.41, 5.74) is 12.3. The Balaban J connectivity index is 1.18. The maximum absolute atomic E-state index is 14.6. The summed E-state index contributed by atoms with van der Waals surface area (Å²) in [6.45, 7) is 4.04. The van der Waals surface area contributed by atoms with Crippen LogP contribution in [0.5, 0.6) is 5.75 Å². The Bertz CT molecular complexity index is 2310. The zero-order valence-corrected chi connectivity index (χ0v) is 38.0. The van der Waals surface area contributed by atoms with Crippen molar-refractivity contribution in [2.24, 2.45) is 5.73 Å². The average molecular weight is 923 g/mol. The Hall–Kier alpha value is -6.21. The number of carbonyl (C=O) groups is 5. The number of rotatable bonds is 19. The second kappa shape index (κ2) is 23.5. The van der Waals surface area contributed by atoms with Gasteiger partial charge in [0.05, 0.1) is 6.04 Å². The number of aliphatic hydroxyl groups excluding tert-OH is 3. The van der Waals surface area contributed by atoms with Gasteiger partial charge in [-0.2, -0.15) is 0 Å². The lowest BCUT2D eigenvalue weighted by Crippen LogP contribution is -2.61. The average Bonchev–Trinajstić information content (AvgIpc) is 3.32. The van der Waals surface area contributed by atoms with Crippen LogP contribution in [0.4, 0.5) is 0 Å². The van der Waals surface area contributed by atoms with Crippen LogP contribution in [0.15, 0.2) is 97.1 Å². The molecular formula is C50H62N6O11. The molecule has 17 nitrogen and oxygen atoms in total. The van der Waals surface area contributed by atoms with Gasteiger partial charge in [-0.15, -0.1) is 0 Å². The zero-order valence-electron chi connectivity index (χ0n) is 38.0. The van der Waals surface area contributed by atoms with Gasteiger partial charge >= 0.3 is 0 Å². The summed E-state index contributed by atoms with van der Waals surface area (Å²) in [7, 11) is 1.23. The van der Waals surface area contributed by atoms with E-state index in [9.17, 15) is 44.4 Å². The van der Waals surface area contributed by atoms with Gasteiger partial charge in [-0.05, 0) is 90.6 Å². The van der Waals surface area contributed by atoms with E-state index in [-0.39, 0.29) is 51.1 Å². The van der Waals surface area contributed by atoms with Gasteiger partial charge in [-0.25, -0.2) is 0 Å². The molecule has 358 valence electrons. The molecule has 0 bridgehead atoms. The Morgan fingerprint density at radius 3 is 2.03 bits per heavy atom. The molecule has 17 heteroatoms. The van der Waals surface area contributed by atoms with Crippen molar-refractivity contribution < 1.29 is 53.9 Å². The molecule has 67 heavy (non-hydrogen) atoms. The first-order valence-corrected chi connectivity index (χ1v) is 22.5. The van der Waals surface area contributed by atoms with Crippen molar-refractivity contribution in [2.75, 3.05) is 13.7 Å². The van der Waals surface area contributed by atoms with E-state index < -0.39 is 84.4 Å². The number of nitrogens with two attached hydrogens (primary N) is 1. The number of aromatic hydroxyl groups is 1. The largest absolute Gasteiger partial charge is 0.508 e. The number of amides is 5. The second-order valence-electron chi connectivity index (χ2n) is 17.3. The maximum atomic E-state index is 14.6. The summed E-state index contributed by atoms with van der Waals surface area (Å²) in [5.74, 6) is -2.76. The number of fused-ring (bicyclic) bond motifs is 1. The summed E-state index contributed by atoms with van der Waals surface area (Å²) in [6.07, 6.45) is -6.61. The van der Waals surface area contributed by atoms with Crippen molar-refractivity contribution in [3.8, 4) is 5.75 Å². The molecule has 0 aliphatic carbocycles. The van der Waals surface area contributed by atoms with E-state index in [1.807, 2.05) is 98.8 Å². The van der Waals surface area contributed by atoms with Crippen molar-refractivity contribution >= 4 is 29.5 Å². The number of carbonyl (C=O) groups excluding carboxylic acids is 5. The standard InChI is InChI=1S/C50H62N6O11/c1-29-22-35(57)23-30(2)36(29)26-37(51)49(65)56-28-34-19-11-10-18-33(34)25-40(56)47(63)55-39(24-31-14-6-4-7-15-31)46(62)54-38(45(61)53-27-32-16-8-5-9-17-32)20-12-13-21-52-48(64)44-42(59)41(58)43(60)50(66-3)67-44/h4-11,14-19,22-23,37-44,50,57-60H,12-13,20-21,24-28,51H2,1-3H3,(H,52,64)(H,53,61)(H,54,62)(H,55,63)/t37-,38+,39-,40-,41-,42-,43+,44-,50+/m0/s1. The number of hydrogen-bond acceptors (Lipinski definition) is 12. The fourth-order valence-corrected chi connectivity index (χ4v) is 8.62. The van der Waals surface area contributed by atoms with E-state index in [2.05, 4.69) is 21.3 Å². The number of nitrogens with zero attached hydrogens (tertiary/aromatic N) is 1. The van der Waals surface area contributed by atoms with Gasteiger partial charge in [0.1, 0.15) is 42.2 Å². The van der Waals surface area contributed by atoms with Crippen LogP contribution in [0.1, 0.15) is 58.2 Å². The quantitative estimate of drug-likeness (QED) is 0.0600. The predicted molar refractivity (Wildman–Crippen MR) is 247 cm³/mol. The third kappa shape index (κ3) is 13.0. The van der Waals surface area contributed by atoms with Gasteiger partial charge in [0, 0.05) is 39.6 Å². The van der Waals surface area contributed by atoms with E-state index >= 15 is 0 Å². The fraction of sp³-hybridized carbons (Fsp3) is 0.420. The summed E-state index contributed by atoms with van der Waals surface area (Å²) in [5, 5.41) is 52.1. The van der Waals surface area contributed by atoms with Crippen molar-refractivity contribution in [3.05, 3.63) is 136 Å². The highest BCUT2D eigenvalue weighted by Gasteiger charge is 2.47. The first-order chi connectivity index (χ1) is 32.1. The molecule has 1 fully saturated rings. The van der Waals surface area contributed by atoms with Gasteiger partial charge in [0.25, 0.3) is 5.91 Å². The molecule has 4 aromatic carbocycles. The van der Waals surface area contributed by atoms with Crippen LogP contribution >= 0.6 is 0 Å². The van der Waals surface area contributed by atoms with E-state index in [4.69, 9.17) is 15.2 Å². The molecule has 0 saturated carbocycles. The highest BCUT2D eigenvalue weighted by molar-refractivity contribution is 5.95. The number of phenols is 1. The Morgan fingerprint density at radius 1 is 0.746 bits per heavy atom. The van der Waals surface area contributed by atoms with E-state index in [1.165, 1.54) is 12.0 Å². The third-order valence-corrected chi connectivity index (χ3v) is 12.4. The Labute approximate surface area is 390 Å². The van der Waals surface area contributed by atoms with Gasteiger partial charge in [0.15, 0.2) is 12.4 Å². The molecular weight excluding hydrogens is 861 g/mol. The Kier molecular flexibility index (Phi) is 17.6. The van der Waals surface area contributed by atoms with Crippen LogP contribution in [0, 0.1) is 13.8 Å². The highest BCUT2D eigenvalue weighted by Crippen LogP contribution is 2.27. The SMILES string of the molecule is CO[C@@H]1O[C@H](C(=O)NCCCC[C@@H](NC(=O)[C@H](Cc2ccccc2)NC(=O)[C@@H]2Cc3ccccc3CN2C(=O)[C@@H](N)Cc2c(C)cc(O)cc2C)C(=O)NCc2ccccc2)[C@@H](O)[C@H](O)[C@H]1O. The predicted octanol–water partition coefficient (Wildman–Crippen LogP) is 1.10. The lowest BCUT2D eigenvalue weighted by molar-refractivity contribution is -0.283. The van der Waals surface area contributed by atoms with Gasteiger partial charge in [-0.3, -0.25) is 24.0 Å². The number of benzene rings is 4. The van der Waals surface area contributed by atoms with Crippen molar-refractivity contribution in [1.29, 1.82) is 0 Å². The van der Waals surface area contributed by atoms with E-state index in [1.54, 1.807) is 12.1 Å². The zero-order chi connectivity index (χ0) is 48.2. The first kappa shape index (κ1) is 50.2. The van der Waals surface area contributed by atoms with Gasteiger partial charge in [0.2, 0.25) is 23.6 Å². The lowest BCUT2D eigenvalue weighted by atomic mass is 9.91. The minimum atomic E-state index is -1.71. The smallest absolute Gasteiger partial charge is 0.252 e. The van der Waals surface area contributed by atoms with Crippen LogP contribution in [0.3, 0.4) is 0 Å². The monoisotopic (exact) mass is 922 g/mol. The Morgan fingerprint density at radius 2 is 1.37 bits per heavy atom. The fourth-order valence-electron chi connectivity index (χ4n) is 8.62. The molecule has 4 aromatic rings. The number of aryl methyl sites for hydroxylation is 2. The molecule has 0 radical (unpaired) electrons. The highest BCUT2D eigenvalue weighted by atomic mass is 16.7. The number of unbranched alkanes of at least 4 members (excludes halogenated alkanes) is 1. The molecule has 0 spiro atoms. The van der Waals surface area contributed by atoms with E-state index in [0.717, 1.165) is 38.9 Å². The van der Waals surface area contributed by atoms with Crippen molar-refractivity contribution in [1.82, 2.24) is 26.2 Å². The topological polar surface area (TPSA) is 262 Å².